The third-order valence-corrected chi connectivity index (χ3v) is 2.35. The largest absolute Gasteiger partial charge is 0.435 e. The summed E-state index contributed by atoms with van der Waals surface area (Å²) in [7, 11) is 0. The summed E-state index contributed by atoms with van der Waals surface area (Å²) in [5.74, 6) is -0.785. The lowest BCUT2D eigenvalue weighted by atomic mass is 10.0. The van der Waals surface area contributed by atoms with Crippen LogP contribution >= 0.6 is 0 Å². The lowest BCUT2D eigenvalue weighted by Gasteiger charge is -2.11. The molecule has 0 saturated carbocycles. The second kappa shape index (κ2) is 5.52. The highest BCUT2D eigenvalue weighted by atomic mass is 19.3. The van der Waals surface area contributed by atoms with E-state index in [-0.39, 0.29) is 23.3 Å². The van der Waals surface area contributed by atoms with E-state index < -0.39 is 23.0 Å². The van der Waals surface area contributed by atoms with Gasteiger partial charge in [-0.05, 0) is 19.4 Å². The molecule has 0 saturated heterocycles. The lowest BCUT2D eigenvalue weighted by molar-refractivity contribution is -0.385. The summed E-state index contributed by atoms with van der Waals surface area (Å²) < 4.78 is 28.6. The second-order valence-corrected chi connectivity index (χ2v) is 3.52. The van der Waals surface area contributed by atoms with Crippen LogP contribution in [0.1, 0.15) is 29.8 Å². The average molecular weight is 259 g/mol. The highest BCUT2D eigenvalue weighted by Crippen LogP contribution is 2.30. The van der Waals surface area contributed by atoms with Crippen LogP contribution in [0.2, 0.25) is 0 Å². The van der Waals surface area contributed by atoms with Crippen LogP contribution < -0.4 is 4.74 Å². The third kappa shape index (κ3) is 2.99. The molecule has 98 valence electrons. The van der Waals surface area contributed by atoms with Crippen molar-refractivity contribution >= 4 is 11.5 Å². The molecule has 0 heterocycles. The number of nitro groups is 1. The maximum absolute atomic E-state index is 12.2. The zero-order chi connectivity index (χ0) is 13.9. The van der Waals surface area contributed by atoms with Gasteiger partial charge in [0.25, 0.3) is 5.69 Å². The number of carbonyl (C=O) groups is 1. The summed E-state index contributed by atoms with van der Waals surface area (Å²) in [6.45, 7) is -0.276. The molecule has 18 heavy (non-hydrogen) atoms. The topological polar surface area (TPSA) is 69.4 Å². The maximum atomic E-state index is 12.2. The van der Waals surface area contributed by atoms with Crippen molar-refractivity contribution in [1.29, 1.82) is 0 Å². The molecule has 0 N–H and O–H groups in total. The Balaban J connectivity index is 3.41. The lowest BCUT2D eigenvalue weighted by Crippen LogP contribution is -2.08. The molecular formula is C11H11F2NO4. The number of Topliss-reactive ketones (excluding diaryl/α,β-unsaturated/α-hetero) is 1. The first-order chi connectivity index (χ1) is 8.36. The molecule has 1 aromatic carbocycles. The van der Waals surface area contributed by atoms with Crippen LogP contribution in [0, 0.1) is 10.1 Å². The number of halogens is 2. The molecule has 1 aromatic rings. The molecule has 7 heteroatoms. The molecule has 0 atom stereocenters. The summed E-state index contributed by atoms with van der Waals surface area (Å²) in [5.41, 5.74) is -0.388. The van der Waals surface area contributed by atoms with E-state index in [0.29, 0.717) is 0 Å². The maximum Gasteiger partial charge on any atom is 0.387 e. The second-order valence-electron chi connectivity index (χ2n) is 3.52. The van der Waals surface area contributed by atoms with Crippen LogP contribution in [0.4, 0.5) is 14.5 Å². The van der Waals surface area contributed by atoms with Gasteiger partial charge in [0.05, 0.1) is 10.5 Å². The average Bonchev–Trinajstić information content (AvgIpc) is 2.27. The highest BCUT2D eigenvalue weighted by molar-refractivity contribution is 5.98. The fraction of sp³-hybridized carbons (Fsp3) is 0.364. The van der Waals surface area contributed by atoms with Gasteiger partial charge in [-0.1, -0.05) is 6.92 Å². The molecule has 0 aliphatic rings. The van der Waals surface area contributed by atoms with Crippen molar-refractivity contribution in [1.82, 2.24) is 0 Å². The van der Waals surface area contributed by atoms with E-state index in [1.807, 2.05) is 0 Å². The molecule has 0 fully saturated rings. The zero-order valence-electron chi connectivity index (χ0n) is 9.78. The molecule has 5 nitrogen and oxygen atoms in total. The minimum atomic E-state index is -3.04. The number of aryl methyl sites for hydroxylation is 1. The van der Waals surface area contributed by atoms with Crippen LogP contribution in [0.3, 0.4) is 0 Å². The van der Waals surface area contributed by atoms with Gasteiger partial charge >= 0.3 is 6.61 Å². The number of ketones is 1. The standard InChI is InChI=1S/C11H11F2NO4/c1-3-7-4-9(14(16)17)8(6(2)15)5-10(7)18-11(12)13/h4-5,11H,3H2,1-2H3. The van der Waals surface area contributed by atoms with Gasteiger partial charge in [-0.15, -0.1) is 0 Å². The molecule has 0 amide bonds. The summed E-state index contributed by atoms with van der Waals surface area (Å²) in [4.78, 5) is 21.3. The zero-order valence-corrected chi connectivity index (χ0v) is 9.78. The number of nitro benzene ring substituents is 1. The number of alkyl halides is 2. The first kappa shape index (κ1) is 14.0. The number of hydrogen-bond acceptors (Lipinski definition) is 4. The van der Waals surface area contributed by atoms with E-state index >= 15 is 0 Å². The summed E-state index contributed by atoms with van der Waals surface area (Å²) in [6, 6.07) is 2.08. The van der Waals surface area contributed by atoms with E-state index in [2.05, 4.69) is 4.74 Å². The van der Waals surface area contributed by atoms with Gasteiger partial charge < -0.3 is 4.74 Å². The SMILES string of the molecule is CCc1cc([N+](=O)[O-])c(C(C)=O)cc1OC(F)F. The Hall–Kier alpha value is -2.05. The smallest absolute Gasteiger partial charge is 0.387 e. The van der Waals surface area contributed by atoms with Crippen LogP contribution in [0.5, 0.6) is 5.75 Å². The van der Waals surface area contributed by atoms with Crippen molar-refractivity contribution in [2.24, 2.45) is 0 Å². The normalized spacial score (nSPS) is 10.5. The molecule has 0 aromatic heterocycles. The van der Waals surface area contributed by atoms with E-state index in [4.69, 9.17) is 0 Å². The fourth-order valence-electron chi connectivity index (χ4n) is 1.53. The minimum Gasteiger partial charge on any atom is -0.435 e. The Morgan fingerprint density at radius 2 is 2.11 bits per heavy atom. The van der Waals surface area contributed by atoms with Gasteiger partial charge in [0.2, 0.25) is 0 Å². The van der Waals surface area contributed by atoms with Crippen molar-refractivity contribution in [3.05, 3.63) is 33.4 Å². The molecule has 0 aliphatic heterocycles. The van der Waals surface area contributed by atoms with Crippen LogP contribution in [0.15, 0.2) is 12.1 Å². The number of rotatable bonds is 5. The van der Waals surface area contributed by atoms with Crippen molar-refractivity contribution in [2.45, 2.75) is 26.9 Å². The van der Waals surface area contributed by atoms with Gasteiger partial charge in [-0.25, -0.2) is 0 Å². The predicted molar refractivity (Wildman–Crippen MR) is 59.1 cm³/mol. The number of carbonyl (C=O) groups excluding carboxylic acids is 1. The van der Waals surface area contributed by atoms with E-state index in [1.165, 1.54) is 0 Å². The molecule has 0 spiro atoms. The quantitative estimate of drug-likeness (QED) is 0.463. The van der Waals surface area contributed by atoms with Gasteiger partial charge in [0.1, 0.15) is 5.75 Å². The van der Waals surface area contributed by atoms with Crippen LogP contribution in [-0.2, 0) is 6.42 Å². The number of hydrogen-bond donors (Lipinski definition) is 0. The monoisotopic (exact) mass is 259 g/mol. The molecular weight excluding hydrogens is 248 g/mol. The summed E-state index contributed by atoms with van der Waals surface area (Å²) in [5, 5.41) is 10.8. The molecule has 0 unspecified atom stereocenters. The Morgan fingerprint density at radius 3 is 2.50 bits per heavy atom. The Morgan fingerprint density at radius 1 is 1.50 bits per heavy atom. The first-order valence-electron chi connectivity index (χ1n) is 5.13. The number of benzene rings is 1. The molecule has 0 radical (unpaired) electrons. The molecule has 0 bridgehead atoms. The molecule has 1 rings (SSSR count). The first-order valence-corrected chi connectivity index (χ1v) is 5.13. The van der Waals surface area contributed by atoms with Crippen LogP contribution in [-0.4, -0.2) is 17.3 Å². The van der Waals surface area contributed by atoms with Crippen molar-refractivity contribution in [3.8, 4) is 5.75 Å². The molecule has 0 aliphatic carbocycles. The Bertz CT molecular complexity index is 488. The van der Waals surface area contributed by atoms with E-state index in [1.54, 1.807) is 6.92 Å². The van der Waals surface area contributed by atoms with E-state index in [0.717, 1.165) is 19.1 Å². The van der Waals surface area contributed by atoms with Gasteiger partial charge in [0, 0.05) is 11.6 Å². The minimum absolute atomic E-state index is 0.205. The van der Waals surface area contributed by atoms with Gasteiger partial charge in [-0.2, -0.15) is 8.78 Å². The number of ether oxygens (including phenoxy) is 1. The summed E-state index contributed by atoms with van der Waals surface area (Å²) in [6.07, 6.45) is 0.279. The Kier molecular flexibility index (Phi) is 4.30. The van der Waals surface area contributed by atoms with E-state index in [9.17, 15) is 23.7 Å². The van der Waals surface area contributed by atoms with Gasteiger partial charge in [0.15, 0.2) is 5.78 Å². The third-order valence-electron chi connectivity index (χ3n) is 2.35. The number of nitrogens with zero attached hydrogens (tertiary/aromatic N) is 1. The van der Waals surface area contributed by atoms with Gasteiger partial charge in [-0.3, -0.25) is 14.9 Å². The Labute approximate surface area is 102 Å². The highest BCUT2D eigenvalue weighted by Gasteiger charge is 2.22. The van der Waals surface area contributed by atoms with Crippen molar-refractivity contribution in [3.63, 3.8) is 0 Å². The fourth-order valence-corrected chi connectivity index (χ4v) is 1.53. The predicted octanol–water partition coefficient (Wildman–Crippen LogP) is 2.96. The van der Waals surface area contributed by atoms with Crippen molar-refractivity contribution < 1.29 is 23.2 Å². The van der Waals surface area contributed by atoms with Crippen LogP contribution in [0.25, 0.3) is 0 Å². The summed E-state index contributed by atoms with van der Waals surface area (Å²) >= 11 is 0. The van der Waals surface area contributed by atoms with Crippen molar-refractivity contribution in [2.75, 3.05) is 0 Å².